The van der Waals surface area contributed by atoms with E-state index in [2.05, 4.69) is 29.6 Å². The Morgan fingerprint density at radius 3 is 2.27 bits per heavy atom. The molecule has 0 aliphatic rings. The molecule has 2 heterocycles. The summed E-state index contributed by atoms with van der Waals surface area (Å²) < 4.78 is 5.92. The molecule has 4 aromatic rings. The Kier molecular flexibility index (Phi) is 6.52. The van der Waals surface area contributed by atoms with E-state index in [0.717, 1.165) is 20.6 Å². The van der Waals surface area contributed by atoms with Crippen LogP contribution in [0.5, 0.6) is 0 Å². The lowest BCUT2D eigenvalue weighted by atomic mass is 9.99. The zero-order chi connectivity index (χ0) is 20.9. The van der Waals surface area contributed by atoms with E-state index in [-0.39, 0.29) is 12.0 Å². The Morgan fingerprint density at radius 1 is 1.07 bits per heavy atom. The number of hydrogen-bond acceptors (Lipinski definition) is 7. The van der Waals surface area contributed by atoms with Gasteiger partial charge < -0.3 is 10.1 Å². The molecule has 0 saturated carbocycles. The SMILES string of the molecule is COC(=O)c1cc(-c2csc(NC(c3ccccc3)c3ccccc3)n2)c(SC)s1. The van der Waals surface area contributed by atoms with E-state index in [4.69, 9.17) is 9.72 Å². The van der Waals surface area contributed by atoms with Gasteiger partial charge in [0.1, 0.15) is 4.88 Å². The van der Waals surface area contributed by atoms with Crippen molar-refractivity contribution in [3.63, 3.8) is 0 Å². The molecule has 0 radical (unpaired) electrons. The van der Waals surface area contributed by atoms with Crippen LogP contribution in [-0.2, 0) is 4.74 Å². The molecule has 0 saturated heterocycles. The van der Waals surface area contributed by atoms with Gasteiger partial charge in [0.15, 0.2) is 5.13 Å². The number of thioether (sulfide) groups is 1. The minimum Gasteiger partial charge on any atom is -0.465 e. The molecule has 0 atom stereocenters. The molecular weight excluding hydrogens is 432 g/mol. The van der Waals surface area contributed by atoms with Crippen molar-refractivity contribution in [2.24, 2.45) is 0 Å². The molecule has 0 fully saturated rings. The molecule has 4 rings (SSSR count). The van der Waals surface area contributed by atoms with Gasteiger partial charge in [0.2, 0.25) is 0 Å². The molecule has 2 aromatic heterocycles. The number of hydrogen-bond donors (Lipinski definition) is 1. The Bertz CT molecular complexity index is 1080. The number of carbonyl (C=O) groups excluding carboxylic acids is 1. The van der Waals surface area contributed by atoms with Crippen molar-refractivity contribution < 1.29 is 9.53 Å². The monoisotopic (exact) mass is 452 g/mol. The van der Waals surface area contributed by atoms with Crippen LogP contribution in [0.4, 0.5) is 5.13 Å². The highest BCUT2D eigenvalue weighted by Crippen LogP contribution is 2.39. The molecule has 2 aromatic carbocycles. The summed E-state index contributed by atoms with van der Waals surface area (Å²) in [6.45, 7) is 0. The fourth-order valence-electron chi connectivity index (χ4n) is 3.14. The van der Waals surface area contributed by atoms with Crippen LogP contribution >= 0.6 is 34.4 Å². The van der Waals surface area contributed by atoms with Crippen molar-refractivity contribution in [2.75, 3.05) is 18.7 Å². The lowest BCUT2D eigenvalue weighted by Crippen LogP contribution is -2.12. The maximum atomic E-state index is 11.9. The van der Waals surface area contributed by atoms with E-state index in [0.29, 0.717) is 4.88 Å². The topological polar surface area (TPSA) is 51.2 Å². The van der Waals surface area contributed by atoms with Crippen LogP contribution in [0.15, 0.2) is 76.3 Å². The first-order valence-electron chi connectivity index (χ1n) is 9.28. The maximum absolute atomic E-state index is 11.9. The molecule has 0 aliphatic carbocycles. The average molecular weight is 453 g/mol. The summed E-state index contributed by atoms with van der Waals surface area (Å²) in [6.07, 6.45) is 2.00. The molecule has 4 nitrogen and oxygen atoms in total. The van der Waals surface area contributed by atoms with Gasteiger partial charge in [-0.3, -0.25) is 0 Å². The maximum Gasteiger partial charge on any atom is 0.348 e. The van der Waals surface area contributed by atoms with Crippen LogP contribution in [0.1, 0.15) is 26.8 Å². The largest absolute Gasteiger partial charge is 0.465 e. The number of ether oxygens (including phenoxy) is 1. The van der Waals surface area contributed by atoms with Gasteiger partial charge in [-0.1, -0.05) is 60.7 Å². The fraction of sp³-hybridized carbons (Fsp3) is 0.130. The summed E-state index contributed by atoms with van der Waals surface area (Å²) >= 11 is 4.61. The minimum atomic E-state index is -0.316. The van der Waals surface area contributed by atoms with Gasteiger partial charge in [-0.25, -0.2) is 9.78 Å². The van der Waals surface area contributed by atoms with Gasteiger partial charge in [0.25, 0.3) is 0 Å². The highest BCUT2D eigenvalue weighted by Gasteiger charge is 2.19. The number of anilines is 1. The van der Waals surface area contributed by atoms with E-state index in [1.807, 2.05) is 54.1 Å². The number of carbonyl (C=O) groups is 1. The predicted molar refractivity (Wildman–Crippen MR) is 127 cm³/mol. The Balaban J connectivity index is 1.65. The lowest BCUT2D eigenvalue weighted by molar-refractivity contribution is 0.0606. The number of esters is 1. The first-order chi connectivity index (χ1) is 14.7. The third kappa shape index (κ3) is 4.43. The van der Waals surface area contributed by atoms with E-state index < -0.39 is 0 Å². The van der Waals surface area contributed by atoms with E-state index >= 15 is 0 Å². The summed E-state index contributed by atoms with van der Waals surface area (Å²) in [5, 5.41) is 6.45. The number of nitrogens with one attached hydrogen (secondary N) is 1. The van der Waals surface area contributed by atoms with E-state index in [9.17, 15) is 4.79 Å². The third-order valence-corrected chi connectivity index (χ3v) is 7.61. The van der Waals surface area contributed by atoms with E-state index in [1.54, 1.807) is 23.1 Å². The number of aromatic nitrogens is 1. The van der Waals surface area contributed by atoms with Crippen molar-refractivity contribution in [3.8, 4) is 11.3 Å². The number of thiazole rings is 1. The van der Waals surface area contributed by atoms with Crippen molar-refractivity contribution in [2.45, 2.75) is 10.3 Å². The fourth-order valence-corrected chi connectivity index (χ4v) is 5.69. The van der Waals surface area contributed by atoms with Crippen LogP contribution in [0.3, 0.4) is 0 Å². The molecule has 30 heavy (non-hydrogen) atoms. The molecule has 1 N–H and O–H groups in total. The zero-order valence-corrected chi connectivity index (χ0v) is 18.9. The van der Waals surface area contributed by atoms with Gasteiger partial charge in [-0.15, -0.1) is 34.4 Å². The van der Waals surface area contributed by atoms with Gasteiger partial charge in [0, 0.05) is 10.9 Å². The molecular formula is C23H20N2O2S3. The predicted octanol–water partition coefficient (Wildman–Crippen LogP) is 6.58. The zero-order valence-electron chi connectivity index (χ0n) is 16.5. The molecule has 0 aliphatic heterocycles. The van der Waals surface area contributed by atoms with Gasteiger partial charge in [-0.2, -0.15) is 0 Å². The lowest BCUT2D eigenvalue weighted by Gasteiger charge is -2.19. The second-order valence-electron chi connectivity index (χ2n) is 6.44. The summed E-state index contributed by atoms with van der Waals surface area (Å²) in [4.78, 5) is 17.4. The summed E-state index contributed by atoms with van der Waals surface area (Å²) in [5.41, 5.74) is 4.17. The smallest absolute Gasteiger partial charge is 0.348 e. The normalized spacial score (nSPS) is 10.9. The highest BCUT2D eigenvalue weighted by atomic mass is 32.2. The number of nitrogens with zero attached hydrogens (tertiary/aromatic N) is 1. The number of methoxy groups -OCH3 is 1. The summed E-state index contributed by atoms with van der Waals surface area (Å²) in [6, 6.07) is 22.6. The highest BCUT2D eigenvalue weighted by molar-refractivity contribution is 8.00. The molecule has 0 bridgehead atoms. The van der Waals surface area contributed by atoms with Crippen LogP contribution in [0, 0.1) is 0 Å². The minimum absolute atomic E-state index is 0.000439. The second-order valence-corrected chi connectivity index (χ2v) is 9.43. The first-order valence-corrected chi connectivity index (χ1v) is 12.2. The molecule has 152 valence electrons. The van der Waals surface area contributed by atoms with Crippen molar-refractivity contribution >= 4 is 45.5 Å². The van der Waals surface area contributed by atoms with Crippen LogP contribution in [-0.4, -0.2) is 24.3 Å². The van der Waals surface area contributed by atoms with Gasteiger partial charge in [-0.05, 0) is 23.4 Å². The summed E-state index contributed by atoms with van der Waals surface area (Å²) in [5.74, 6) is -0.316. The van der Waals surface area contributed by atoms with Crippen LogP contribution < -0.4 is 5.32 Å². The Morgan fingerprint density at radius 2 is 1.70 bits per heavy atom. The van der Waals surface area contributed by atoms with E-state index in [1.165, 1.54) is 29.6 Å². The quantitative estimate of drug-likeness (QED) is 0.253. The molecule has 0 spiro atoms. The van der Waals surface area contributed by atoms with Crippen LogP contribution in [0.2, 0.25) is 0 Å². The molecule has 0 unspecified atom stereocenters. The van der Waals surface area contributed by atoms with Gasteiger partial charge in [0.05, 0.1) is 23.1 Å². The molecule has 0 amide bonds. The standard InChI is InChI=1S/C23H20N2O2S3/c1-27-21(26)19-13-17(22(28-2)30-19)18-14-29-23(24-18)25-20(15-9-5-3-6-10-15)16-11-7-4-8-12-16/h3-14,20H,1-2H3,(H,24,25). The van der Waals surface area contributed by atoms with Crippen molar-refractivity contribution in [3.05, 3.63) is 88.1 Å². The average Bonchev–Trinajstić information content (AvgIpc) is 3.45. The number of thiophene rings is 1. The Labute approximate surface area is 188 Å². The van der Waals surface area contributed by atoms with Crippen molar-refractivity contribution in [1.82, 2.24) is 4.98 Å². The third-order valence-electron chi connectivity index (χ3n) is 4.58. The number of benzene rings is 2. The Hall–Kier alpha value is -2.61. The first kappa shape index (κ1) is 20.7. The van der Waals surface area contributed by atoms with Crippen molar-refractivity contribution in [1.29, 1.82) is 0 Å². The van der Waals surface area contributed by atoms with Gasteiger partial charge >= 0.3 is 5.97 Å². The van der Waals surface area contributed by atoms with Crippen LogP contribution in [0.25, 0.3) is 11.3 Å². The number of rotatable bonds is 7. The summed E-state index contributed by atoms with van der Waals surface area (Å²) in [7, 11) is 1.40. The molecule has 7 heteroatoms. The second kappa shape index (κ2) is 9.47.